The van der Waals surface area contributed by atoms with Crippen LogP contribution in [0.15, 0.2) is 48.8 Å². The predicted molar refractivity (Wildman–Crippen MR) is 135 cm³/mol. The third-order valence-corrected chi connectivity index (χ3v) is 7.47. The van der Waals surface area contributed by atoms with E-state index < -0.39 is 0 Å². The largest absolute Gasteiger partial charge is 0.337 e. The number of aromatic nitrogens is 2. The normalized spacial score (nSPS) is 20.0. The average molecular weight is 483 g/mol. The minimum absolute atomic E-state index is 0.0134. The van der Waals surface area contributed by atoms with Crippen molar-refractivity contribution >= 4 is 45.7 Å². The third-order valence-electron chi connectivity index (χ3n) is 6.90. The molecule has 1 amide bonds. The second-order valence-electron chi connectivity index (χ2n) is 8.96. The molecule has 0 aliphatic carbocycles. The van der Waals surface area contributed by atoms with Gasteiger partial charge in [-0.3, -0.25) is 4.79 Å². The van der Waals surface area contributed by atoms with Crippen LogP contribution >= 0.6 is 23.2 Å². The van der Waals surface area contributed by atoms with E-state index in [-0.39, 0.29) is 18.0 Å². The lowest BCUT2D eigenvalue weighted by molar-refractivity contribution is -0.133. The van der Waals surface area contributed by atoms with Crippen LogP contribution in [-0.4, -0.2) is 46.0 Å². The highest BCUT2D eigenvalue weighted by Gasteiger charge is 2.27. The topological polar surface area (TPSA) is 50.2 Å². The van der Waals surface area contributed by atoms with E-state index in [4.69, 9.17) is 23.2 Å². The first kappa shape index (κ1) is 22.5. The van der Waals surface area contributed by atoms with E-state index >= 15 is 0 Å². The average Bonchev–Trinajstić information content (AvgIpc) is 3.27. The molecule has 2 aliphatic heterocycles. The van der Waals surface area contributed by atoms with Gasteiger partial charge in [0.25, 0.3) is 0 Å². The highest BCUT2D eigenvalue weighted by molar-refractivity contribution is 6.35. The Morgan fingerprint density at radius 2 is 2.06 bits per heavy atom. The van der Waals surface area contributed by atoms with Gasteiger partial charge < -0.3 is 14.8 Å². The van der Waals surface area contributed by atoms with Gasteiger partial charge in [-0.15, -0.1) is 0 Å². The maximum atomic E-state index is 12.8. The summed E-state index contributed by atoms with van der Waals surface area (Å²) in [4.78, 5) is 19.4. The molecule has 3 aromatic rings. The minimum atomic E-state index is -0.0134. The van der Waals surface area contributed by atoms with Gasteiger partial charge in [-0.2, -0.15) is 0 Å². The van der Waals surface area contributed by atoms with E-state index in [1.807, 2.05) is 23.4 Å². The maximum absolute atomic E-state index is 12.8. The van der Waals surface area contributed by atoms with Crippen molar-refractivity contribution in [3.63, 3.8) is 0 Å². The molecule has 7 heteroatoms. The van der Waals surface area contributed by atoms with E-state index in [2.05, 4.69) is 46.1 Å². The molecule has 3 heterocycles. The van der Waals surface area contributed by atoms with Crippen molar-refractivity contribution in [2.45, 2.75) is 44.7 Å². The fraction of sp³-hybridized carbons (Fsp3) is 0.385. The fourth-order valence-electron chi connectivity index (χ4n) is 4.94. The summed E-state index contributed by atoms with van der Waals surface area (Å²) in [5.41, 5.74) is 5.49. The number of carbonyl (C=O) groups excluding carboxylic acids is 1. The summed E-state index contributed by atoms with van der Waals surface area (Å²) in [6.45, 7) is 4.49. The second kappa shape index (κ2) is 9.49. The zero-order valence-corrected chi connectivity index (χ0v) is 20.2. The molecule has 0 spiro atoms. The van der Waals surface area contributed by atoms with Crippen LogP contribution in [0, 0.1) is 0 Å². The third kappa shape index (κ3) is 4.54. The van der Waals surface area contributed by atoms with Gasteiger partial charge in [-0.1, -0.05) is 47.8 Å². The molecular formula is C26H28Cl2N4O. The highest BCUT2D eigenvalue weighted by Crippen LogP contribution is 2.32. The number of piperidine rings is 1. The molecule has 2 atom stereocenters. The number of hydrogen-bond donors (Lipinski definition) is 1. The van der Waals surface area contributed by atoms with Crippen molar-refractivity contribution in [3.8, 4) is 0 Å². The number of nitrogens with one attached hydrogen (secondary N) is 1. The zero-order valence-electron chi connectivity index (χ0n) is 18.7. The number of benzene rings is 2. The Hall–Kier alpha value is -2.34. The van der Waals surface area contributed by atoms with E-state index in [1.54, 1.807) is 6.07 Å². The van der Waals surface area contributed by atoms with Gasteiger partial charge in [0, 0.05) is 23.1 Å². The van der Waals surface area contributed by atoms with Gasteiger partial charge >= 0.3 is 0 Å². The van der Waals surface area contributed by atoms with Gasteiger partial charge in [0.05, 0.1) is 29.4 Å². The summed E-state index contributed by atoms with van der Waals surface area (Å²) in [6, 6.07) is 12.0. The Morgan fingerprint density at radius 1 is 1.18 bits per heavy atom. The van der Waals surface area contributed by atoms with E-state index in [1.165, 1.54) is 11.1 Å². The Bertz CT molecular complexity index is 1210. The molecular weight excluding hydrogens is 455 g/mol. The van der Waals surface area contributed by atoms with Crippen molar-refractivity contribution in [3.05, 3.63) is 70.0 Å². The molecule has 172 valence electrons. The van der Waals surface area contributed by atoms with E-state index in [0.717, 1.165) is 55.4 Å². The number of nitrogens with zero attached hydrogens (tertiary/aromatic N) is 3. The smallest absolute Gasteiger partial charge is 0.239 e. The molecule has 0 unspecified atom stereocenters. The van der Waals surface area contributed by atoms with Crippen molar-refractivity contribution in [2.24, 2.45) is 0 Å². The van der Waals surface area contributed by atoms with Crippen LogP contribution in [0.1, 0.15) is 49.8 Å². The molecule has 1 saturated heterocycles. The van der Waals surface area contributed by atoms with Gasteiger partial charge in [0.15, 0.2) is 0 Å². The fourth-order valence-corrected chi connectivity index (χ4v) is 5.51. The zero-order chi connectivity index (χ0) is 22.9. The van der Waals surface area contributed by atoms with Crippen LogP contribution in [0.2, 0.25) is 10.0 Å². The van der Waals surface area contributed by atoms with Crippen molar-refractivity contribution in [2.75, 3.05) is 19.6 Å². The molecule has 2 aliphatic rings. The summed E-state index contributed by atoms with van der Waals surface area (Å²) in [7, 11) is 0. The number of rotatable bonds is 4. The first-order valence-electron chi connectivity index (χ1n) is 11.6. The molecule has 5 rings (SSSR count). The number of halogens is 2. The molecule has 0 saturated carbocycles. The number of amides is 1. The van der Waals surface area contributed by atoms with Crippen LogP contribution < -0.4 is 5.32 Å². The van der Waals surface area contributed by atoms with E-state index in [0.29, 0.717) is 16.6 Å². The van der Waals surface area contributed by atoms with E-state index in [9.17, 15) is 4.79 Å². The monoisotopic (exact) mass is 482 g/mol. The Morgan fingerprint density at radius 3 is 2.79 bits per heavy atom. The molecule has 1 aromatic heterocycles. The van der Waals surface area contributed by atoms with Crippen LogP contribution in [0.5, 0.6) is 0 Å². The summed E-state index contributed by atoms with van der Waals surface area (Å²) < 4.78 is 2.15. The number of fused-ring (bicyclic) bond motifs is 1. The Balaban J connectivity index is 1.37. The lowest BCUT2D eigenvalue weighted by Gasteiger charge is -2.32. The Labute approximate surface area is 204 Å². The van der Waals surface area contributed by atoms with Crippen LogP contribution in [-0.2, 0) is 4.79 Å². The summed E-state index contributed by atoms with van der Waals surface area (Å²) in [5.74, 6) is 0.243. The van der Waals surface area contributed by atoms with Gasteiger partial charge in [-0.25, -0.2) is 4.98 Å². The summed E-state index contributed by atoms with van der Waals surface area (Å²) in [5, 5.41) is 4.66. The van der Waals surface area contributed by atoms with Crippen molar-refractivity contribution in [1.82, 2.24) is 19.8 Å². The predicted octanol–water partition coefficient (Wildman–Crippen LogP) is 5.71. The van der Waals surface area contributed by atoms with Gasteiger partial charge in [0.1, 0.15) is 0 Å². The van der Waals surface area contributed by atoms with Crippen molar-refractivity contribution < 1.29 is 4.79 Å². The first-order valence-corrected chi connectivity index (χ1v) is 12.4. The van der Waals surface area contributed by atoms with Crippen LogP contribution in [0.4, 0.5) is 0 Å². The Kier molecular flexibility index (Phi) is 6.46. The summed E-state index contributed by atoms with van der Waals surface area (Å²) in [6.07, 6.45) is 8.17. The molecule has 33 heavy (non-hydrogen) atoms. The van der Waals surface area contributed by atoms with Crippen molar-refractivity contribution in [1.29, 1.82) is 0 Å². The second-order valence-corrected chi connectivity index (χ2v) is 9.81. The SMILES string of the molecule is C[C@@H](c1ccc(Cl)cc1Cl)n1cnc2ccc(C3=CCN(C(=O)[C@H]4CCCCN4)CC3)cc21. The molecule has 1 N–H and O–H groups in total. The molecule has 1 fully saturated rings. The molecule has 2 aromatic carbocycles. The van der Waals surface area contributed by atoms with Crippen LogP contribution in [0.25, 0.3) is 16.6 Å². The number of carbonyl (C=O) groups is 1. The van der Waals surface area contributed by atoms with Gasteiger partial charge in [0.2, 0.25) is 5.91 Å². The number of imidazole rings is 1. The maximum Gasteiger partial charge on any atom is 0.239 e. The first-order chi connectivity index (χ1) is 16.0. The standard InChI is InChI=1S/C26H28Cl2N4O/c1-17(21-7-6-20(27)15-22(21)28)32-16-30-23-8-5-19(14-25(23)32)18-9-12-31(13-10-18)26(33)24-4-2-3-11-29-24/h5-9,14-17,24,29H,2-4,10-13H2,1H3/t17-,24+/m0/s1. The number of hydrogen-bond acceptors (Lipinski definition) is 3. The molecule has 5 nitrogen and oxygen atoms in total. The van der Waals surface area contributed by atoms with Crippen LogP contribution in [0.3, 0.4) is 0 Å². The highest BCUT2D eigenvalue weighted by atomic mass is 35.5. The lowest BCUT2D eigenvalue weighted by Crippen LogP contribution is -2.49. The molecule has 0 radical (unpaired) electrons. The van der Waals surface area contributed by atoms with Gasteiger partial charge in [-0.05, 0) is 73.7 Å². The quantitative estimate of drug-likeness (QED) is 0.517. The minimum Gasteiger partial charge on any atom is -0.337 e. The summed E-state index contributed by atoms with van der Waals surface area (Å²) >= 11 is 12.6. The lowest BCUT2D eigenvalue weighted by atomic mass is 9.97. The molecule has 0 bridgehead atoms.